The fraction of sp³-hybridized carbons (Fsp3) is 0.692. The van der Waals surface area contributed by atoms with E-state index in [1.54, 1.807) is 0 Å². The molecule has 0 aromatic carbocycles. The third-order valence-electron chi connectivity index (χ3n) is 3.80. The summed E-state index contributed by atoms with van der Waals surface area (Å²) in [6.45, 7) is 5.97. The molecule has 1 unspecified atom stereocenters. The second kappa shape index (κ2) is 5.52. The van der Waals surface area contributed by atoms with Crippen LogP contribution in [0.1, 0.15) is 25.7 Å². The standard InChI is InChI=1S/C13H20N2O3/c1-2-11(16)14-7-4-12(17)15-8-3-5-13(15)6-9-18-10-13/h2H,1,3-10H2,(H,14,16). The topological polar surface area (TPSA) is 58.6 Å². The number of hydrogen-bond donors (Lipinski definition) is 1. The van der Waals surface area contributed by atoms with Gasteiger partial charge in [0.1, 0.15) is 0 Å². The van der Waals surface area contributed by atoms with Gasteiger partial charge in [0.15, 0.2) is 0 Å². The minimum atomic E-state index is -0.233. The van der Waals surface area contributed by atoms with E-state index >= 15 is 0 Å². The van der Waals surface area contributed by atoms with Gasteiger partial charge < -0.3 is 15.0 Å². The molecule has 2 rings (SSSR count). The SMILES string of the molecule is C=CC(=O)NCCC(=O)N1CCCC12CCOC2. The van der Waals surface area contributed by atoms with Crippen molar-refractivity contribution in [2.75, 3.05) is 26.3 Å². The Hall–Kier alpha value is -1.36. The Morgan fingerprint density at radius 3 is 2.94 bits per heavy atom. The second-order valence-electron chi connectivity index (χ2n) is 4.92. The van der Waals surface area contributed by atoms with Crippen molar-refractivity contribution in [2.24, 2.45) is 0 Å². The van der Waals surface area contributed by atoms with Crippen LogP contribution < -0.4 is 5.32 Å². The van der Waals surface area contributed by atoms with Crippen LogP contribution in [0.5, 0.6) is 0 Å². The number of amides is 2. The summed E-state index contributed by atoms with van der Waals surface area (Å²) in [5.74, 6) is -0.120. The molecule has 0 radical (unpaired) electrons. The molecule has 5 heteroatoms. The van der Waals surface area contributed by atoms with E-state index in [2.05, 4.69) is 11.9 Å². The quantitative estimate of drug-likeness (QED) is 0.740. The molecule has 2 fully saturated rings. The Labute approximate surface area is 107 Å². The maximum Gasteiger partial charge on any atom is 0.243 e. The molecular weight excluding hydrogens is 232 g/mol. The normalized spacial score (nSPS) is 26.6. The Morgan fingerprint density at radius 1 is 1.44 bits per heavy atom. The zero-order valence-electron chi connectivity index (χ0n) is 10.6. The van der Waals surface area contributed by atoms with E-state index < -0.39 is 0 Å². The van der Waals surface area contributed by atoms with Crippen molar-refractivity contribution in [3.05, 3.63) is 12.7 Å². The van der Waals surface area contributed by atoms with Gasteiger partial charge in [0.2, 0.25) is 11.8 Å². The highest BCUT2D eigenvalue weighted by molar-refractivity contribution is 5.87. The molecule has 0 aliphatic carbocycles. The lowest BCUT2D eigenvalue weighted by Crippen LogP contribution is -2.48. The van der Waals surface area contributed by atoms with Crippen LogP contribution in [0.3, 0.4) is 0 Å². The summed E-state index contributed by atoms with van der Waals surface area (Å²) in [4.78, 5) is 25.1. The predicted molar refractivity (Wildman–Crippen MR) is 66.9 cm³/mol. The number of nitrogens with zero attached hydrogens (tertiary/aromatic N) is 1. The maximum atomic E-state index is 12.2. The Kier molecular flexibility index (Phi) is 4.01. The van der Waals surface area contributed by atoms with Crippen LogP contribution in [0.25, 0.3) is 0 Å². The summed E-state index contributed by atoms with van der Waals surface area (Å²) in [5.41, 5.74) is -0.0560. The van der Waals surface area contributed by atoms with Crippen molar-refractivity contribution in [3.8, 4) is 0 Å². The molecule has 1 spiro atoms. The highest BCUT2D eigenvalue weighted by Gasteiger charge is 2.45. The molecule has 1 N–H and O–H groups in total. The monoisotopic (exact) mass is 252 g/mol. The van der Waals surface area contributed by atoms with Gasteiger partial charge in [-0.1, -0.05) is 6.58 Å². The van der Waals surface area contributed by atoms with Gasteiger partial charge >= 0.3 is 0 Å². The van der Waals surface area contributed by atoms with E-state index in [0.717, 1.165) is 32.4 Å². The lowest BCUT2D eigenvalue weighted by molar-refractivity contribution is -0.135. The molecule has 2 heterocycles. The van der Waals surface area contributed by atoms with E-state index in [0.29, 0.717) is 19.6 Å². The molecule has 0 aromatic rings. The average molecular weight is 252 g/mol. The zero-order chi connectivity index (χ0) is 13.0. The minimum Gasteiger partial charge on any atom is -0.379 e. The van der Waals surface area contributed by atoms with Crippen LogP contribution in [0.2, 0.25) is 0 Å². The number of rotatable bonds is 4. The molecule has 18 heavy (non-hydrogen) atoms. The summed E-state index contributed by atoms with van der Waals surface area (Å²) >= 11 is 0. The fourth-order valence-electron chi connectivity index (χ4n) is 2.83. The zero-order valence-corrected chi connectivity index (χ0v) is 10.6. The highest BCUT2D eigenvalue weighted by Crippen LogP contribution is 2.36. The molecule has 1 atom stereocenters. The third-order valence-corrected chi connectivity index (χ3v) is 3.80. The van der Waals surface area contributed by atoms with Crippen molar-refractivity contribution >= 4 is 11.8 Å². The molecule has 5 nitrogen and oxygen atoms in total. The molecule has 0 saturated carbocycles. The minimum absolute atomic E-state index is 0.0560. The van der Waals surface area contributed by atoms with E-state index in [1.807, 2.05) is 4.90 Å². The average Bonchev–Trinajstić information content (AvgIpc) is 3.00. The van der Waals surface area contributed by atoms with E-state index in [-0.39, 0.29) is 17.4 Å². The summed E-state index contributed by atoms with van der Waals surface area (Å²) in [7, 11) is 0. The molecule has 0 bridgehead atoms. The van der Waals surface area contributed by atoms with Crippen LogP contribution in [0.4, 0.5) is 0 Å². The van der Waals surface area contributed by atoms with E-state index in [4.69, 9.17) is 4.74 Å². The van der Waals surface area contributed by atoms with Crippen molar-refractivity contribution in [1.82, 2.24) is 10.2 Å². The number of nitrogens with one attached hydrogen (secondary N) is 1. The van der Waals surface area contributed by atoms with Crippen LogP contribution in [0, 0.1) is 0 Å². The first-order valence-electron chi connectivity index (χ1n) is 6.46. The molecule has 2 saturated heterocycles. The summed E-state index contributed by atoms with van der Waals surface area (Å²) in [6, 6.07) is 0. The number of likely N-dealkylation sites (tertiary alicyclic amines) is 1. The summed E-state index contributed by atoms with van der Waals surface area (Å²) in [5, 5.41) is 2.63. The number of carbonyl (C=O) groups excluding carboxylic acids is 2. The first-order chi connectivity index (χ1) is 8.68. The van der Waals surface area contributed by atoms with E-state index in [1.165, 1.54) is 6.08 Å². The largest absolute Gasteiger partial charge is 0.379 e. The Morgan fingerprint density at radius 2 is 2.28 bits per heavy atom. The van der Waals surface area contributed by atoms with Gasteiger partial charge in [0.25, 0.3) is 0 Å². The lowest BCUT2D eigenvalue weighted by Gasteiger charge is -2.33. The molecule has 0 aromatic heterocycles. The van der Waals surface area contributed by atoms with E-state index in [9.17, 15) is 9.59 Å². The predicted octanol–water partition coefficient (Wildman–Crippen LogP) is 0.460. The molecule has 2 amide bonds. The molecule has 2 aliphatic rings. The number of hydrogen-bond acceptors (Lipinski definition) is 3. The summed E-state index contributed by atoms with van der Waals surface area (Å²) in [6.07, 6.45) is 4.59. The fourth-order valence-corrected chi connectivity index (χ4v) is 2.83. The van der Waals surface area contributed by atoms with Gasteiger partial charge in [-0.05, 0) is 25.3 Å². The van der Waals surface area contributed by atoms with Gasteiger partial charge in [-0.15, -0.1) is 0 Å². The Balaban J connectivity index is 1.84. The van der Waals surface area contributed by atoms with Gasteiger partial charge in [0, 0.05) is 26.1 Å². The smallest absolute Gasteiger partial charge is 0.243 e. The van der Waals surface area contributed by atoms with Gasteiger partial charge in [-0.3, -0.25) is 9.59 Å². The third kappa shape index (κ3) is 2.56. The Bertz CT molecular complexity index is 343. The van der Waals surface area contributed by atoms with Crippen molar-refractivity contribution in [2.45, 2.75) is 31.2 Å². The van der Waals surface area contributed by atoms with Crippen molar-refractivity contribution in [3.63, 3.8) is 0 Å². The van der Waals surface area contributed by atoms with Crippen LogP contribution in [-0.4, -0.2) is 48.6 Å². The maximum absolute atomic E-state index is 12.2. The van der Waals surface area contributed by atoms with Gasteiger partial charge in [-0.25, -0.2) is 0 Å². The number of carbonyl (C=O) groups is 2. The van der Waals surface area contributed by atoms with Gasteiger partial charge in [0.05, 0.1) is 12.1 Å². The molecule has 2 aliphatic heterocycles. The van der Waals surface area contributed by atoms with Crippen LogP contribution in [-0.2, 0) is 14.3 Å². The van der Waals surface area contributed by atoms with Crippen molar-refractivity contribution in [1.29, 1.82) is 0 Å². The molecule has 100 valence electrons. The lowest BCUT2D eigenvalue weighted by atomic mass is 9.95. The van der Waals surface area contributed by atoms with Gasteiger partial charge in [-0.2, -0.15) is 0 Å². The molecular formula is C13H20N2O3. The van der Waals surface area contributed by atoms with Crippen LogP contribution in [0.15, 0.2) is 12.7 Å². The number of ether oxygens (including phenoxy) is 1. The first-order valence-corrected chi connectivity index (χ1v) is 6.46. The van der Waals surface area contributed by atoms with Crippen molar-refractivity contribution < 1.29 is 14.3 Å². The highest BCUT2D eigenvalue weighted by atomic mass is 16.5. The van der Waals surface area contributed by atoms with Crippen LogP contribution >= 0.6 is 0 Å². The second-order valence-corrected chi connectivity index (χ2v) is 4.92. The first kappa shape index (κ1) is 13.1. The summed E-state index contributed by atoms with van der Waals surface area (Å²) < 4.78 is 5.45.